The van der Waals surface area contributed by atoms with Gasteiger partial charge in [0.25, 0.3) is 0 Å². The molecule has 0 aliphatic heterocycles. The Labute approximate surface area is 92.4 Å². The van der Waals surface area contributed by atoms with E-state index in [9.17, 15) is 0 Å². The van der Waals surface area contributed by atoms with Crippen LogP contribution in [0.5, 0.6) is 0 Å². The third-order valence-electron chi connectivity index (χ3n) is 3.02. The van der Waals surface area contributed by atoms with Crippen molar-refractivity contribution in [2.45, 2.75) is 25.7 Å². The van der Waals surface area contributed by atoms with Crippen molar-refractivity contribution in [3.63, 3.8) is 0 Å². The van der Waals surface area contributed by atoms with Crippen LogP contribution in [-0.2, 0) is 0 Å². The van der Waals surface area contributed by atoms with Crippen LogP contribution in [0.3, 0.4) is 0 Å². The molecule has 0 atom stereocenters. The number of hydrogen-bond acceptors (Lipinski definition) is 1. The first-order chi connectivity index (χ1) is 7.36. The van der Waals surface area contributed by atoms with Crippen LogP contribution in [0.25, 0.3) is 0 Å². The van der Waals surface area contributed by atoms with Gasteiger partial charge in [0.2, 0.25) is 0 Å². The fourth-order valence-corrected chi connectivity index (χ4v) is 2.13. The summed E-state index contributed by atoms with van der Waals surface area (Å²) in [6.07, 6.45) is 7.73. The van der Waals surface area contributed by atoms with Crippen LogP contribution in [0.15, 0.2) is 42.0 Å². The average Bonchev–Trinajstić information content (AvgIpc) is 2.31. The van der Waals surface area contributed by atoms with Gasteiger partial charge < -0.3 is 4.90 Å². The first-order valence-corrected chi connectivity index (χ1v) is 5.80. The Morgan fingerprint density at radius 3 is 2.60 bits per heavy atom. The molecule has 1 aliphatic carbocycles. The molecule has 0 radical (unpaired) electrons. The lowest BCUT2D eigenvalue weighted by Crippen LogP contribution is -2.20. The van der Waals surface area contributed by atoms with E-state index in [0.29, 0.717) is 0 Å². The molecule has 0 heterocycles. The Morgan fingerprint density at radius 2 is 1.93 bits per heavy atom. The molecule has 0 saturated heterocycles. The van der Waals surface area contributed by atoms with Crippen molar-refractivity contribution in [1.82, 2.24) is 0 Å². The molecule has 1 nitrogen and oxygen atoms in total. The van der Waals surface area contributed by atoms with Crippen molar-refractivity contribution >= 4 is 5.69 Å². The van der Waals surface area contributed by atoms with Crippen molar-refractivity contribution in [2.75, 3.05) is 18.5 Å². The fraction of sp³-hybridized carbons (Fsp3) is 0.429. The van der Waals surface area contributed by atoms with Gasteiger partial charge in [0.05, 0.1) is 0 Å². The van der Waals surface area contributed by atoms with E-state index in [1.807, 2.05) is 0 Å². The minimum absolute atomic E-state index is 1.09. The fourth-order valence-electron chi connectivity index (χ4n) is 2.13. The van der Waals surface area contributed by atoms with Crippen LogP contribution >= 0.6 is 0 Å². The zero-order valence-electron chi connectivity index (χ0n) is 9.45. The minimum Gasteiger partial charge on any atom is -0.371 e. The molecular weight excluding hydrogens is 182 g/mol. The Morgan fingerprint density at radius 1 is 1.13 bits per heavy atom. The van der Waals surface area contributed by atoms with Crippen LogP contribution in [0, 0.1) is 0 Å². The molecule has 0 N–H and O–H groups in total. The van der Waals surface area contributed by atoms with Gasteiger partial charge in [-0.25, -0.2) is 0 Å². The molecule has 0 aromatic heterocycles. The Kier molecular flexibility index (Phi) is 3.44. The van der Waals surface area contributed by atoms with Gasteiger partial charge in [-0.05, 0) is 37.8 Å². The molecule has 1 heteroatoms. The number of benzene rings is 1. The maximum Gasteiger partial charge on any atom is 0.0385 e. The predicted octanol–water partition coefficient (Wildman–Crippen LogP) is 3.62. The zero-order chi connectivity index (χ0) is 10.5. The van der Waals surface area contributed by atoms with Crippen molar-refractivity contribution in [3.05, 3.63) is 42.0 Å². The van der Waals surface area contributed by atoms with Gasteiger partial charge in [0, 0.05) is 19.3 Å². The van der Waals surface area contributed by atoms with E-state index < -0.39 is 0 Å². The smallest absolute Gasteiger partial charge is 0.0385 e. The van der Waals surface area contributed by atoms with Crippen LogP contribution in [-0.4, -0.2) is 13.6 Å². The lowest BCUT2D eigenvalue weighted by atomic mass is 9.99. The quantitative estimate of drug-likeness (QED) is 0.675. The average molecular weight is 201 g/mol. The zero-order valence-corrected chi connectivity index (χ0v) is 9.45. The highest BCUT2D eigenvalue weighted by Crippen LogP contribution is 2.20. The maximum absolute atomic E-state index is 2.42. The van der Waals surface area contributed by atoms with Crippen LogP contribution in [0.1, 0.15) is 25.7 Å². The largest absolute Gasteiger partial charge is 0.371 e. The van der Waals surface area contributed by atoms with Crippen LogP contribution in [0.4, 0.5) is 5.69 Å². The third-order valence-corrected chi connectivity index (χ3v) is 3.02. The summed E-state index contributed by atoms with van der Waals surface area (Å²) in [5.74, 6) is 0. The molecule has 80 valence electrons. The van der Waals surface area contributed by atoms with E-state index in [1.54, 1.807) is 5.57 Å². The molecule has 0 unspecified atom stereocenters. The van der Waals surface area contributed by atoms with Gasteiger partial charge in [-0.15, -0.1) is 0 Å². The number of hydrogen-bond donors (Lipinski definition) is 0. The van der Waals surface area contributed by atoms with Crippen molar-refractivity contribution in [1.29, 1.82) is 0 Å². The highest BCUT2D eigenvalue weighted by molar-refractivity contribution is 5.46. The maximum atomic E-state index is 2.42. The summed E-state index contributed by atoms with van der Waals surface area (Å²) in [5.41, 5.74) is 2.91. The summed E-state index contributed by atoms with van der Waals surface area (Å²) in [6, 6.07) is 10.6. The van der Waals surface area contributed by atoms with Gasteiger partial charge in [-0.2, -0.15) is 0 Å². The Balaban J connectivity index is 1.97. The van der Waals surface area contributed by atoms with Gasteiger partial charge >= 0.3 is 0 Å². The summed E-state index contributed by atoms with van der Waals surface area (Å²) in [7, 11) is 2.17. The molecule has 0 fully saturated rings. The third kappa shape index (κ3) is 2.85. The van der Waals surface area contributed by atoms with E-state index >= 15 is 0 Å². The van der Waals surface area contributed by atoms with Gasteiger partial charge in [-0.3, -0.25) is 0 Å². The van der Waals surface area contributed by atoms with Gasteiger partial charge in [0.15, 0.2) is 0 Å². The van der Waals surface area contributed by atoms with E-state index in [0.717, 1.165) is 6.54 Å². The number of para-hydroxylation sites is 1. The molecule has 0 spiro atoms. The molecular formula is C14H19N. The minimum atomic E-state index is 1.09. The normalized spacial score (nSPS) is 15.9. The Bertz CT molecular complexity index is 326. The summed E-state index contributed by atoms with van der Waals surface area (Å²) in [4.78, 5) is 2.33. The van der Waals surface area contributed by atoms with Crippen LogP contribution < -0.4 is 4.90 Å². The van der Waals surface area contributed by atoms with E-state index in [2.05, 4.69) is 48.4 Å². The molecule has 0 amide bonds. The number of allylic oxidation sites excluding steroid dienone is 1. The molecule has 2 rings (SSSR count). The first-order valence-electron chi connectivity index (χ1n) is 5.80. The SMILES string of the molecule is CN(CC1=CCCCC1)c1ccccc1. The van der Waals surface area contributed by atoms with E-state index in [-0.39, 0.29) is 0 Å². The van der Waals surface area contributed by atoms with Crippen molar-refractivity contribution in [2.24, 2.45) is 0 Å². The Hall–Kier alpha value is -1.24. The summed E-state index contributed by atoms with van der Waals surface area (Å²) < 4.78 is 0. The second-order valence-electron chi connectivity index (χ2n) is 4.30. The monoisotopic (exact) mass is 201 g/mol. The number of anilines is 1. The lowest BCUT2D eigenvalue weighted by Gasteiger charge is -2.22. The van der Waals surface area contributed by atoms with Gasteiger partial charge in [-0.1, -0.05) is 29.8 Å². The summed E-state index contributed by atoms with van der Waals surface area (Å²) >= 11 is 0. The lowest BCUT2D eigenvalue weighted by molar-refractivity contribution is 0.685. The van der Waals surface area contributed by atoms with Crippen molar-refractivity contribution in [3.8, 4) is 0 Å². The molecule has 1 aromatic rings. The molecule has 1 aromatic carbocycles. The highest BCUT2D eigenvalue weighted by Gasteiger charge is 2.06. The van der Waals surface area contributed by atoms with E-state index in [1.165, 1.54) is 31.4 Å². The second-order valence-corrected chi connectivity index (χ2v) is 4.30. The summed E-state index contributed by atoms with van der Waals surface area (Å²) in [5, 5.41) is 0. The molecule has 0 saturated carbocycles. The number of nitrogens with zero attached hydrogens (tertiary/aromatic N) is 1. The van der Waals surface area contributed by atoms with Crippen LogP contribution in [0.2, 0.25) is 0 Å². The topological polar surface area (TPSA) is 3.24 Å². The second kappa shape index (κ2) is 5.01. The number of rotatable bonds is 3. The van der Waals surface area contributed by atoms with Gasteiger partial charge in [0.1, 0.15) is 0 Å². The van der Waals surface area contributed by atoms with E-state index in [4.69, 9.17) is 0 Å². The standard InChI is InChI=1S/C14H19N/c1-15(14-10-6-3-7-11-14)12-13-8-4-2-5-9-13/h3,6-8,10-11H,2,4-5,9,12H2,1H3. The number of likely N-dealkylation sites (N-methyl/N-ethyl adjacent to an activating group) is 1. The highest BCUT2D eigenvalue weighted by atomic mass is 15.1. The first kappa shape index (κ1) is 10.3. The predicted molar refractivity (Wildman–Crippen MR) is 66.3 cm³/mol. The molecule has 0 bridgehead atoms. The molecule has 1 aliphatic rings. The summed E-state index contributed by atoms with van der Waals surface area (Å²) in [6.45, 7) is 1.09. The molecule has 15 heavy (non-hydrogen) atoms. The van der Waals surface area contributed by atoms with Crippen molar-refractivity contribution < 1.29 is 0 Å².